The van der Waals surface area contributed by atoms with Gasteiger partial charge in [-0.3, -0.25) is 9.00 Å². The number of hydrogen-bond acceptors (Lipinski definition) is 3. The molecule has 0 heterocycles. The number of hydrogen-bond donors (Lipinski definition) is 0. The maximum absolute atomic E-state index is 12.7. The molecule has 0 radical (unpaired) electrons. The molecule has 0 aliphatic heterocycles. The molecular weight excluding hydrogens is 392 g/mol. The first kappa shape index (κ1) is 20.3. The van der Waals surface area contributed by atoms with Gasteiger partial charge in [-0.2, -0.15) is 0 Å². The average Bonchev–Trinajstić information content (AvgIpc) is 2.73. The van der Waals surface area contributed by atoms with E-state index in [1.54, 1.807) is 6.92 Å². The highest BCUT2D eigenvalue weighted by atomic mass is 35.5. The Bertz CT molecular complexity index is 956. The highest BCUT2D eigenvalue weighted by Gasteiger charge is 2.18. The van der Waals surface area contributed by atoms with Crippen LogP contribution in [0.15, 0.2) is 83.8 Å². The minimum atomic E-state index is -1.43. The van der Waals surface area contributed by atoms with Crippen molar-refractivity contribution < 1.29 is 13.7 Å². The predicted octanol–water partition coefficient (Wildman–Crippen LogP) is 5.33. The molecule has 0 saturated carbocycles. The Kier molecular flexibility index (Phi) is 7.01. The Morgan fingerprint density at radius 1 is 0.964 bits per heavy atom. The summed E-state index contributed by atoms with van der Waals surface area (Å²) in [7, 11) is -1.43. The number of carbonyl (C=O) groups is 1. The molecule has 0 fully saturated rings. The average molecular weight is 413 g/mol. The van der Waals surface area contributed by atoms with Gasteiger partial charge in [-0.25, -0.2) is 0 Å². The number of alkyl halides is 1. The van der Waals surface area contributed by atoms with Crippen molar-refractivity contribution >= 4 is 28.4 Å². The number of halogens is 1. The van der Waals surface area contributed by atoms with E-state index in [0.717, 1.165) is 16.7 Å². The Labute approximate surface area is 172 Å². The van der Waals surface area contributed by atoms with Crippen LogP contribution < -0.4 is 0 Å². The third-order valence-corrected chi connectivity index (χ3v) is 6.15. The van der Waals surface area contributed by atoms with Crippen LogP contribution in [-0.2, 0) is 33.4 Å². The Balaban J connectivity index is 1.81. The Hall–Kier alpha value is -2.43. The highest BCUT2D eigenvalue weighted by molar-refractivity contribution is 7.87. The fourth-order valence-corrected chi connectivity index (χ4v) is 4.10. The highest BCUT2D eigenvalue weighted by Crippen LogP contribution is 2.27. The zero-order chi connectivity index (χ0) is 19.9. The molecule has 144 valence electrons. The van der Waals surface area contributed by atoms with Crippen molar-refractivity contribution in [3.8, 4) is 11.1 Å². The molecule has 0 aliphatic rings. The fourth-order valence-electron chi connectivity index (χ4n) is 2.82. The van der Waals surface area contributed by atoms with Gasteiger partial charge in [0, 0.05) is 4.90 Å². The Morgan fingerprint density at radius 3 is 2.25 bits per heavy atom. The van der Waals surface area contributed by atoms with Crippen molar-refractivity contribution in [3.05, 3.63) is 90.0 Å². The van der Waals surface area contributed by atoms with Crippen LogP contribution in [0.4, 0.5) is 0 Å². The molecule has 0 spiro atoms. The molecule has 0 saturated heterocycles. The van der Waals surface area contributed by atoms with Gasteiger partial charge in [0.15, 0.2) is 0 Å². The van der Waals surface area contributed by atoms with Gasteiger partial charge in [0.2, 0.25) is 0 Å². The first-order valence-corrected chi connectivity index (χ1v) is 10.6. The first-order chi connectivity index (χ1) is 13.5. The lowest BCUT2D eigenvalue weighted by atomic mass is 10.0. The van der Waals surface area contributed by atoms with Crippen LogP contribution in [-0.4, -0.2) is 14.9 Å². The maximum Gasteiger partial charge on any atom is 0.310 e. The standard InChI is InChI=1S/C23H21ClO3S/c1-17(24)28(26)22-14-20(19-10-6-3-7-11-19)12-13-21(22)15-23(25)27-16-18-8-4-2-5-9-18/h2-14,17H,15-16H2,1H3. The second-order valence-electron chi connectivity index (χ2n) is 6.35. The molecule has 0 N–H and O–H groups in total. The third-order valence-electron chi connectivity index (χ3n) is 4.26. The van der Waals surface area contributed by atoms with E-state index in [2.05, 4.69) is 0 Å². The van der Waals surface area contributed by atoms with E-state index < -0.39 is 15.5 Å². The van der Waals surface area contributed by atoms with Gasteiger partial charge in [-0.05, 0) is 35.2 Å². The summed E-state index contributed by atoms with van der Waals surface area (Å²) >= 11 is 6.09. The quantitative estimate of drug-likeness (QED) is 0.389. The number of rotatable bonds is 7. The molecule has 0 aromatic heterocycles. The molecule has 3 nitrogen and oxygen atoms in total. The number of carbonyl (C=O) groups excluding carboxylic acids is 1. The molecular formula is C23H21ClO3S. The molecule has 0 amide bonds. The summed E-state index contributed by atoms with van der Waals surface area (Å²) in [5.74, 6) is -0.364. The minimum Gasteiger partial charge on any atom is -0.461 e. The van der Waals surface area contributed by atoms with Crippen LogP contribution >= 0.6 is 11.6 Å². The van der Waals surface area contributed by atoms with E-state index >= 15 is 0 Å². The van der Waals surface area contributed by atoms with Crippen LogP contribution in [0, 0.1) is 0 Å². The minimum absolute atomic E-state index is 0.0482. The lowest BCUT2D eigenvalue weighted by molar-refractivity contribution is -0.144. The molecule has 0 bridgehead atoms. The van der Waals surface area contributed by atoms with E-state index in [-0.39, 0.29) is 19.0 Å². The van der Waals surface area contributed by atoms with Crippen LogP contribution in [0.5, 0.6) is 0 Å². The van der Waals surface area contributed by atoms with Gasteiger partial charge in [0.05, 0.1) is 17.2 Å². The summed E-state index contributed by atoms with van der Waals surface area (Å²) in [4.78, 5) is 12.9. The zero-order valence-corrected chi connectivity index (χ0v) is 17.1. The molecule has 3 rings (SSSR count). The van der Waals surface area contributed by atoms with Crippen LogP contribution in [0.25, 0.3) is 11.1 Å². The second kappa shape index (κ2) is 9.67. The maximum atomic E-state index is 12.7. The molecule has 3 aromatic carbocycles. The SMILES string of the molecule is CC(Cl)S(=O)c1cc(-c2ccccc2)ccc1CC(=O)OCc1ccccc1. The first-order valence-electron chi connectivity index (χ1n) is 8.97. The summed E-state index contributed by atoms with van der Waals surface area (Å²) in [5, 5.41) is 0. The second-order valence-corrected chi connectivity index (χ2v) is 9.01. The number of benzene rings is 3. The summed E-state index contributed by atoms with van der Waals surface area (Å²) in [5.41, 5.74) is 3.54. The number of esters is 1. The van der Waals surface area contributed by atoms with Crippen LogP contribution in [0.1, 0.15) is 18.1 Å². The topological polar surface area (TPSA) is 43.4 Å². The van der Waals surface area contributed by atoms with Gasteiger partial charge in [0.25, 0.3) is 0 Å². The van der Waals surface area contributed by atoms with E-state index in [9.17, 15) is 9.00 Å². The molecule has 0 aliphatic carbocycles. The van der Waals surface area contributed by atoms with Crippen LogP contribution in [0.2, 0.25) is 0 Å². The van der Waals surface area contributed by atoms with Crippen molar-refractivity contribution in [3.63, 3.8) is 0 Å². The molecule has 3 aromatic rings. The zero-order valence-electron chi connectivity index (χ0n) is 15.5. The van der Waals surface area contributed by atoms with E-state index in [0.29, 0.717) is 10.5 Å². The summed E-state index contributed by atoms with van der Waals surface area (Å²) < 4.78 is 17.5. The van der Waals surface area contributed by atoms with Crippen molar-refractivity contribution in [2.45, 2.75) is 29.6 Å². The molecule has 28 heavy (non-hydrogen) atoms. The Morgan fingerprint density at radius 2 is 1.61 bits per heavy atom. The largest absolute Gasteiger partial charge is 0.461 e. The monoisotopic (exact) mass is 412 g/mol. The van der Waals surface area contributed by atoms with Gasteiger partial charge in [-0.1, -0.05) is 72.8 Å². The van der Waals surface area contributed by atoms with Crippen LogP contribution in [0.3, 0.4) is 0 Å². The predicted molar refractivity (Wildman–Crippen MR) is 114 cm³/mol. The van der Waals surface area contributed by atoms with Gasteiger partial charge < -0.3 is 4.74 Å². The van der Waals surface area contributed by atoms with Crippen molar-refractivity contribution in [1.29, 1.82) is 0 Å². The summed E-state index contributed by atoms with van der Waals surface area (Å²) in [6.07, 6.45) is 0.0482. The summed E-state index contributed by atoms with van der Waals surface area (Å²) in [6, 6.07) is 24.9. The van der Waals surface area contributed by atoms with Crippen molar-refractivity contribution in [2.75, 3.05) is 0 Å². The van der Waals surface area contributed by atoms with Crippen molar-refractivity contribution in [2.24, 2.45) is 0 Å². The fraction of sp³-hybridized carbons (Fsp3) is 0.174. The van der Waals surface area contributed by atoms with E-state index in [4.69, 9.17) is 16.3 Å². The number of ether oxygens (including phenoxy) is 1. The summed E-state index contributed by atoms with van der Waals surface area (Å²) in [6.45, 7) is 1.90. The molecule has 2 unspecified atom stereocenters. The lowest BCUT2D eigenvalue weighted by Crippen LogP contribution is -2.12. The smallest absolute Gasteiger partial charge is 0.310 e. The molecule has 2 atom stereocenters. The third kappa shape index (κ3) is 5.31. The van der Waals surface area contributed by atoms with Crippen molar-refractivity contribution in [1.82, 2.24) is 0 Å². The van der Waals surface area contributed by atoms with Gasteiger partial charge in [0.1, 0.15) is 11.3 Å². The normalized spacial score (nSPS) is 12.9. The van der Waals surface area contributed by atoms with Gasteiger partial charge >= 0.3 is 5.97 Å². The molecule has 5 heteroatoms. The lowest BCUT2D eigenvalue weighted by Gasteiger charge is -2.13. The van der Waals surface area contributed by atoms with Gasteiger partial charge in [-0.15, -0.1) is 11.6 Å². The van der Waals surface area contributed by atoms with E-state index in [1.807, 2.05) is 78.9 Å². The van der Waals surface area contributed by atoms with E-state index in [1.165, 1.54) is 0 Å².